The summed E-state index contributed by atoms with van der Waals surface area (Å²) in [4.78, 5) is 10.9. The standard InChI is InChI=1S/C15H21BO3/c1-10-7-12(9-17)8-11(2)13(10)16-18-14(3,4)15(5,6)19-16/h7-9H,1-6H3. The molecule has 3 nitrogen and oxygen atoms in total. The second-order valence-electron chi connectivity index (χ2n) is 6.27. The molecule has 1 aliphatic rings. The lowest BCUT2D eigenvalue weighted by molar-refractivity contribution is 0.00578. The van der Waals surface area contributed by atoms with Crippen LogP contribution in [0.3, 0.4) is 0 Å². The van der Waals surface area contributed by atoms with E-state index in [1.165, 1.54) is 0 Å². The fourth-order valence-corrected chi connectivity index (χ4v) is 2.41. The summed E-state index contributed by atoms with van der Waals surface area (Å²) < 4.78 is 12.1. The SMILES string of the molecule is Cc1cc(C=O)cc(C)c1B1OC(C)(C)C(C)(C)O1. The summed E-state index contributed by atoms with van der Waals surface area (Å²) in [5.41, 5.74) is 3.08. The molecule has 0 unspecified atom stereocenters. The zero-order valence-corrected chi connectivity index (χ0v) is 12.5. The predicted molar refractivity (Wildman–Crippen MR) is 77.0 cm³/mol. The molecule has 19 heavy (non-hydrogen) atoms. The molecule has 0 radical (unpaired) electrons. The van der Waals surface area contributed by atoms with Gasteiger partial charge in [0.05, 0.1) is 11.2 Å². The van der Waals surface area contributed by atoms with Gasteiger partial charge in [0.1, 0.15) is 6.29 Å². The van der Waals surface area contributed by atoms with Crippen LogP contribution in [0, 0.1) is 13.8 Å². The van der Waals surface area contributed by atoms with Crippen LogP contribution < -0.4 is 5.46 Å². The minimum atomic E-state index is -0.370. The maximum Gasteiger partial charge on any atom is 0.495 e. The van der Waals surface area contributed by atoms with Crippen LogP contribution in [0.5, 0.6) is 0 Å². The Balaban J connectivity index is 2.43. The molecule has 0 amide bonds. The summed E-state index contributed by atoms with van der Waals surface area (Å²) in [6.45, 7) is 12.1. The number of hydrogen-bond acceptors (Lipinski definition) is 3. The highest BCUT2D eigenvalue weighted by atomic mass is 16.7. The first kappa shape index (κ1) is 14.3. The minimum Gasteiger partial charge on any atom is -0.399 e. The molecule has 0 N–H and O–H groups in total. The number of aldehydes is 1. The maximum absolute atomic E-state index is 10.9. The molecule has 1 aliphatic heterocycles. The maximum atomic E-state index is 10.9. The lowest BCUT2D eigenvalue weighted by Gasteiger charge is -2.32. The first-order valence-corrected chi connectivity index (χ1v) is 6.60. The van der Waals surface area contributed by atoms with Crippen LogP contribution in [0.25, 0.3) is 0 Å². The summed E-state index contributed by atoms with van der Waals surface area (Å²) in [5, 5.41) is 0. The van der Waals surface area contributed by atoms with Gasteiger partial charge >= 0.3 is 7.12 Å². The molecule has 0 spiro atoms. The van der Waals surface area contributed by atoms with E-state index in [1.54, 1.807) is 0 Å². The van der Waals surface area contributed by atoms with E-state index >= 15 is 0 Å². The van der Waals surface area contributed by atoms with E-state index in [0.717, 1.165) is 22.9 Å². The Morgan fingerprint density at radius 1 is 1.00 bits per heavy atom. The van der Waals surface area contributed by atoms with Gasteiger partial charge < -0.3 is 9.31 Å². The minimum absolute atomic E-state index is 0.347. The summed E-state index contributed by atoms with van der Waals surface area (Å²) >= 11 is 0. The Morgan fingerprint density at radius 3 is 1.79 bits per heavy atom. The van der Waals surface area contributed by atoms with Crippen molar-refractivity contribution in [2.45, 2.75) is 52.7 Å². The molecule has 4 heteroatoms. The van der Waals surface area contributed by atoms with Crippen molar-refractivity contribution in [1.29, 1.82) is 0 Å². The third kappa shape index (κ3) is 2.35. The van der Waals surface area contributed by atoms with Crippen LogP contribution >= 0.6 is 0 Å². The van der Waals surface area contributed by atoms with E-state index in [-0.39, 0.29) is 18.3 Å². The number of rotatable bonds is 2. The fraction of sp³-hybridized carbons (Fsp3) is 0.533. The lowest BCUT2D eigenvalue weighted by Crippen LogP contribution is -2.41. The number of carbonyl (C=O) groups excluding carboxylic acids is 1. The molecule has 0 aliphatic carbocycles. The second-order valence-corrected chi connectivity index (χ2v) is 6.27. The number of benzene rings is 1. The van der Waals surface area contributed by atoms with Gasteiger partial charge in [0, 0.05) is 5.56 Å². The number of carbonyl (C=O) groups is 1. The Morgan fingerprint density at radius 2 is 1.42 bits per heavy atom. The average molecular weight is 260 g/mol. The second kappa shape index (κ2) is 4.46. The molecule has 2 rings (SSSR count). The molecular weight excluding hydrogens is 239 g/mol. The average Bonchev–Trinajstić information content (AvgIpc) is 2.46. The normalized spacial score (nSPS) is 20.6. The molecule has 102 valence electrons. The summed E-state index contributed by atoms with van der Waals surface area (Å²) in [5.74, 6) is 0. The van der Waals surface area contributed by atoms with Crippen LogP contribution in [0.2, 0.25) is 0 Å². The van der Waals surface area contributed by atoms with E-state index in [2.05, 4.69) is 0 Å². The number of hydrogen-bond donors (Lipinski definition) is 0. The molecule has 0 aromatic heterocycles. The van der Waals surface area contributed by atoms with E-state index in [0.29, 0.717) is 5.56 Å². The van der Waals surface area contributed by atoms with Crippen LogP contribution in [0.1, 0.15) is 49.2 Å². The van der Waals surface area contributed by atoms with E-state index in [1.807, 2.05) is 53.7 Å². The van der Waals surface area contributed by atoms with Gasteiger partial charge in [0.15, 0.2) is 0 Å². The Hall–Kier alpha value is -1.13. The molecule has 1 heterocycles. The van der Waals surface area contributed by atoms with Crippen molar-refractivity contribution in [3.8, 4) is 0 Å². The monoisotopic (exact) mass is 260 g/mol. The Labute approximate surface area is 115 Å². The molecule has 0 saturated carbocycles. The van der Waals surface area contributed by atoms with Gasteiger partial charge in [-0.05, 0) is 59.1 Å². The van der Waals surface area contributed by atoms with E-state index < -0.39 is 0 Å². The van der Waals surface area contributed by atoms with Crippen molar-refractivity contribution in [3.05, 3.63) is 28.8 Å². The molecule has 1 aromatic rings. The Kier molecular flexibility index (Phi) is 3.35. The summed E-state index contributed by atoms with van der Waals surface area (Å²) in [7, 11) is -0.370. The van der Waals surface area contributed by atoms with Crippen molar-refractivity contribution in [3.63, 3.8) is 0 Å². The van der Waals surface area contributed by atoms with Crippen LogP contribution in [-0.2, 0) is 9.31 Å². The van der Waals surface area contributed by atoms with Crippen molar-refractivity contribution in [1.82, 2.24) is 0 Å². The molecular formula is C15H21BO3. The Bertz CT molecular complexity index is 481. The van der Waals surface area contributed by atoms with Gasteiger partial charge in [-0.15, -0.1) is 0 Å². The highest BCUT2D eigenvalue weighted by Crippen LogP contribution is 2.36. The lowest BCUT2D eigenvalue weighted by atomic mass is 9.73. The smallest absolute Gasteiger partial charge is 0.399 e. The first-order chi connectivity index (χ1) is 8.68. The van der Waals surface area contributed by atoms with Crippen molar-refractivity contribution < 1.29 is 14.1 Å². The molecule has 0 bridgehead atoms. The molecule has 1 aromatic carbocycles. The predicted octanol–water partition coefficient (Wildman–Crippen LogP) is 2.42. The van der Waals surface area contributed by atoms with E-state index in [4.69, 9.17) is 9.31 Å². The van der Waals surface area contributed by atoms with Crippen molar-refractivity contribution >= 4 is 18.9 Å². The molecule has 0 atom stereocenters. The van der Waals surface area contributed by atoms with Crippen LogP contribution in [0.4, 0.5) is 0 Å². The largest absolute Gasteiger partial charge is 0.495 e. The number of aryl methyl sites for hydroxylation is 2. The van der Waals surface area contributed by atoms with Crippen LogP contribution in [0.15, 0.2) is 12.1 Å². The van der Waals surface area contributed by atoms with Gasteiger partial charge in [-0.25, -0.2) is 0 Å². The fourth-order valence-electron chi connectivity index (χ4n) is 2.41. The quantitative estimate of drug-likeness (QED) is 0.605. The molecule has 1 fully saturated rings. The van der Waals surface area contributed by atoms with E-state index in [9.17, 15) is 4.79 Å². The van der Waals surface area contributed by atoms with Crippen molar-refractivity contribution in [2.75, 3.05) is 0 Å². The third-order valence-electron chi connectivity index (χ3n) is 4.24. The van der Waals surface area contributed by atoms with Gasteiger partial charge in [-0.1, -0.05) is 11.1 Å². The van der Waals surface area contributed by atoms with Gasteiger partial charge in [0.2, 0.25) is 0 Å². The highest BCUT2D eigenvalue weighted by Gasteiger charge is 2.52. The zero-order chi connectivity index (χ0) is 14.4. The third-order valence-corrected chi connectivity index (χ3v) is 4.24. The first-order valence-electron chi connectivity index (χ1n) is 6.60. The van der Waals surface area contributed by atoms with Gasteiger partial charge in [0.25, 0.3) is 0 Å². The van der Waals surface area contributed by atoms with Gasteiger partial charge in [-0.3, -0.25) is 4.79 Å². The zero-order valence-electron chi connectivity index (χ0n) is 12.5. The van der Waals surface area contributed by atoms with Crippen LogP contribution in [-0.4, -0.2) is 24.6 Å². The van der Waals surface area contributed by atoms with Crippen molar-refractivity contribution in [2.24, 2.45) is 0 Å². The van der Waals surface area contributed by atoms with Gasteiger partial charge in [-0.2, -0.15) is 0 Å². The topological polar surface area (TPSA) is 35.5 Å². The highest BCUT2D eigenvalue weighted by molar-refractivity contribution is 6.63. The molecule has 1 saturated heterocycles. The summed E-state index contributed by atoms with van der Waals surface area (Å²) in [6, 6.07) is 3.75. The summed E-state index contributed by atoms with van der Waals surface area (Å²) in [6.07, 6.45) is 0.869.